The Bertz CT molecular complexity index is 879. The van der Waals surface area contributed by atoms with Gasteiger partial charge in [0, 0.05) is 13.1 Å². The fourth-order valence-electron chi connectivity index (χ4n) is 2.48. The minimum Gasteiger partial charge on any atom is -0.497 e. The van der Waals surface area contributed by atoms with Crippen LogP contribution in [0.4, 0.5) is 5.69 Å². The smallest absolute Gasteiger partial charge is 0.335 e. The topological polar surface area (TPSA) is 105 Å². The summed E-state index contributed by atoms with van der Waals surface area (Å²) in [7, 11) is -2.28. The van der Waals surface area contributed by atoms with Gasteiger partial charge < -0.3 is 15.2 Å². The Morgan fingerprint density at radius 3 is 2.41 bits per heavy atom. The molecule has 2 aromatic carbocycles. The summed E-state index contributed by atoms with van der Waals surface area (Å²) in [6.45, 7) is 2.74. The second kappa shape index (κ2) is 9.38. The molecule has 0 bridgehead atoms. The Hall–Kier alpha value is -2.58. The largest absolute Gasteiger partial charge is 0.497 e. The highest BCUT2D eigenvalue weighted by atomic mass is 32.2. The number of carboxylic acids is 1. The molecular formula is C19H24N2O5S. The molecule has 0 amide bonds. The first-order valence-electron chi connectivity index (χ1n) is 8.61. The molecule has 7 nitrogen and oxygen atoms in total. The fourth-order valence-corrected chi connectivity index (χ4v) is 3.72. The van der Waals surface area contributed by atoms with Gasteiger partial charge in [-0.2, -0.15) is 0 Å². The maximum Gasteiger partial charge on any atom is 0.335 e. The van der Waals surface area contributed by atoms with E-state index in [2.05, 4.69) is 10.0 Å². The molecule has 146 valence electrons. The van der Waals surface area contributed by atoms with Crippen molar-refractivity contribution in [3.05, 3.63) is 53.6 Å². The van der Waals surface area contributed by atoms with Gasteiger partial charge in [-0.25, -0.2) is 17.9 Å². The lowest BCUT2D eigenvalue weighted by atomic mass is 10.1. The lowest BCUT2D eigenvalue weighted by Gasteiger charge is -2.14. The number of hydrogen-bond acceptors (Lipinski definition) is 5. The molecule has 0 unspecified atom stereocenters. The maximum absolute atomic E-state index is 12.7. The number of hydrogen-bond donors (Lipinski definition) is 3. The molecule has 0 atom stereocenters. The van der Waals surface area contributed by atoms with E-state index in [1.807, 2.05) is 31.2 Å². The Labute approximate surface area is 159 Å². The summed E-state index contributed by atoms with van der Waals surface area (Å²) in [5.74, 6) is -0.441. The van der Waals surface area contributed by atoms with Crippen LogP contribution in [0.5, 0.6) is 5.75 Å². The number of aromatic carboxylic acids is 1. The van der Waals surface area contributed by atoms with Crippen LogP contribution >= 0.6 is 0 Å². The SMILES string of the molecule is CCCNc1ccc(C(=O)O)cc1S(=O)(=O)NCCc1ccc(OC)cc1. The molecule has 27 heavy (non-hydrogen) atoms. The summed E-state index contributed by atoms with van der Waals surface area (Å²) in [6, 6.07) is 11.4. The Morgan fingerprint density at radius 1 is 1.11 bits per heavy atom. The third-order valence-corrected chi connectivity index (χ3v) is 5.45. The molecule has 8 heteroatoms. The zero-order valence-corrected chi connectivity index (χ0v) is 16.2. The van der Waals surface area contributed by atoms with Crippen molar-refractivity contribution in [1.82, 2.24) is 4.72 Å². The van der Waals surface area contributed by atoms with Gasteiger partial charge in [-0.3, -0.25) is 0 Å². The Balaban J connectivity index is 2.15. The van der Waals surface area contributed by atoms with Crippen LogP contribution in [-0.4, -0.2) is 39.7 Å². The van der Waals surface area contributed by atoms with Crippen LogP contribution in [0.1, 0.15) is 29.3 Å². The molecule has 0 aliphatic rings. The maximum atomic E-state index is 12.7. The number of benzene rings is 2. The first kappa shape index (κ1) is 20.7. The van der Waals surface area contributed by atoms with Gasteiger partial charge >= 0.3 is 5.97 Å². The van der Waals surface area contributed by atoms with Gasteiger partial charge in [0.15, 0.2) is 0 Å². The minimum absolute atomic E-state index is 0.0643. The predicted molar refractivity (Wildman–Crippen MR) is 104 cm³/mol. The molecule has 0 fully saturated rings. The summed E-state index contributed by atoms with van der Waals surface area (Å²) in [4.78, 5) is 11.1. The molecule has 0 heterocycles. The van der Waals surface area contributed by atoms with Gasteiger partial charge in [0.25, 0.3) is 0 Å². The number of ether oxygens (including phenoxy) is 1. The second-order valence-electron chi connectivity index (χ2n) is 5.94. The van der Waals surface area contributed by atoms with E-state index in [0.29, 0.717) is 18.7 Å². The monoisotopic (exact) mass is 392 g/mol. The van der Waals surface area contributed by atoms with E-state index in [4.69, 9.17) is 9.84 Å². The van der Waals surface area contributed by atoms with Gasteiger partial charge in [-0.05, 0) is 48.7 Å². The number of carbonyl (C=O) groups is 1. The van der Waals surface area contributed by atoms with Crippen molar-refractivity contribution in [2.75, 3.05) is 25.5 Å². The highest BCUT2D eigenvalue weighted by molar-refractivity contribution is 7.89. The number of rotatable bonds is 10. The van der Waals surface area contributed by atoms with Gasteiger partial charge in [0.05, 0.1) is 18.4 Å². The summed E-state index contributed by atoms with van der Waals surface area (Å²) in [6.07, 6.45) is 1.31. The van der Waals surface area contributed by atoms with Crippen LogP contribution in [0.2, 0.25) is 0 Å². The number of methoxy groups -OCH3 is 1. The third kappa shape index (κ3) is 5.70. The van der Waals surface area contributed by atoms with Gasteiger partial charge in [-0.1, -0.05) is 19.1 Å². The van der Waals surface area contributed by atoms with E-state index in [1.165, 1.54) is 18.2 Å². The van der Waals surface area contributed by atoms with Crippen LogP contribution < -0.4 is 14.8 Å². The molecule has 0 aliphatic carbocycles. The first-order chi connectivity index (χ1) is 12.9. The molecule has 0 aromatic heterocycles. The van der Waals surface area contributed by atoms with Crippen molar-refractivity contribution in [2.45, 2.75) is 24.7 Å². The molecule has 0 saturated carbocycles. The van der Waals surface area contributed by atoms with Crippen molar-refractivity contribution in [2.24, 2.45) is 0 Å². The van der Waals surface area contributed by atoms with Crippen LogP contribution in [0, 0.1) is 0 Å². The van der Waals surface area contributed by atoms with Crippen LogP contribution in [-0.2, 0) is 16.4 Å². The summed E-state index contributed by atoms with van der Waals surface area (Å²) in [5, 5.41) is 12.2. The number of anilines is 1. The molecule has 0 spiro atoms. The predicted octanol–water partition coefficient (Wildman–Crippen LogP) is 2.74. The molecule has 0 aliphatic heterocycles. The molecule has 0 radical (unpaired) electrons. The van der Waals surface area contributed by atoms with E-state index in [0.717, 1.165) is 17.7 Å². The highest BCUT2D eigenvalue weighted by Gasteiger charge is 2.20. The number of carboxylic acid groups (broad SMARTS) is 1. The van der Waals surface area contributed by atoms with Crippen molar-refractivity contribution < 1.29 is 23.1 Å². The Kier molecular flexibility index (Phi) is 7.20. The van der Waals surface area contributed by atoms with Crippen molar-refractivity contribution in [3.63, 3.8) is 0 Å². The normalized spacial score (nSPS) is 11.2. The van der Waals surface area contributed by atoms with E-state index < -0.39 is 16.0 Å². The average Bonchev–Trinajstić information content (AvgIpc) is 2.66. The number of sulfonamides is 1. The van der Waals surface area contributed by atoms with E-state index in [1.54, 1.807) is 7.11 Å². The lowest BCUT2D eigenvalue weighted by molar-refractivity contribution is 0.0696. The quantitative estimate of drug-likeness (QED) is 0.574. The summed E-state index contributed by atoms with van der Waals surface area (Å²) in [5.41, 5.74) is 1.27. The van der Waals surface area contributed by atoms with E-state index in [9.17, 15) is 13.2 Å². The highest BCUT2D eigenvalue weighted by Crippen LogP contribution is 2.23. The molecular weight excluding hydrogens is 368 g/mol. The molecule has 2 rings (SSSR count). The first-order valence-corrected chi connectivity index (χ1v) is 10.1. The van der Waals surface area contributed by atoms with E-state index >= 15 is 0 Å². The van der Waals surface area contributed by atoms with Crippen LogP contribution in [0.25, 0.3) is 0 Å². The van der Waals surface area contributed by atoms with Crippen molar-refractivity contribution in [1.29, 1.82) is 0 Å². The second-order valence-corrected chi connectivity index (χ2v) is 7.67. The molecule has 2 aromatic rings. The van der Waals surface area contributed by atoms with Crippen LogP contribution in [0.15, 0.2) is 47.4 Å². The lowest BCUT2D eigenvalue weighted by Crippen LogP contribution is -2.27. The summed E-state index contributed by atoms with van der Waals surface area (Å²) < 4.78 is 33.1. The number of nitrogens with one attached hydrogen (secondary N) is 2. The van der Waals surface area contributed by atoms with Crippen molar-refractivity contribution in [3.8, 4) is 5.75 Å². The summed E-state index contributed by atoms with van der Waals surface area (Å²) >= 11 is 0. The molecule has 3 N–H and O–H groups in total. The van der Waals surface area contributed by atoms with Crippen LogP contribution in [0.3, 0.4) is 0 Å². The molecule has 0 saturated heterocycles. The van der Waals surface area contributed by atoms with E-state index in [-0.39, 0.29) is 17.0 Å². The minimum atomic E-state index is -3.86. The van der Waals surface area contributed by atoms with Crippen molar-refractivity contribution >= 4 is 21.7 Å². The van der Waals surface area contributed by atoms with Gasteiger partial charge in [0.2, 0.25) is 10.0 Å². The third-order valence-electron chi connectivity index (χ3n) is 3.95. The van der Waals surface area contributed by atoms with Gasteiger partial charge in [-0.15, -0.1) is 0 Å². The Morgan fingerprint density at radius 2 is 1.81 bits per heavy atom. The zero-order valence-electron chi connectivity index (χ0n) is 15.4. The van der Waals surface area contributed by atoms with Gasteiger partial charge in [0.1, 0.15) is 10.6 Å². The fraction of sp³-hybridized carbons (Fsp3) is 0.316. The standard InChI is InChI=1S/C19H24N2O5S/c1-3-11-20-17-9-6-15(19(22)23)13-18(17)27(24,25)21-12-10-14-4-7-16(26-2)8-5-14/h4-9,13,20-21H,3,10-12H2,1-2H3,(H,22,23). The zero-order chi connectivity index (χ0) is 19.9. The average molecular weight is 392 g/mol.